The first-order chi connectivity index (χ1) is 9.47. The van der Waals surface area contributed by atoms with Crippen LogP contribution in [0, 0.1) is 11.8 Å². The van der Waals surface area contributed by atoms with Crippen molar-refractivity contribution in [2.24, 2.45) is 11.8 Å². The van der Waals surface area contributed by atoms with Gasteiger partial charge in [-0.1, -0.05) is 63.4 Å². The summed E-state index contributed by atoms with van der Waals surface area (Å²) < 4.78 is 5.93. The quantitative estimate of drug-likeness (QED) is 0.279. The predicted molar refractivity (Wildman–Crippen MR) is 92.2 cm³/mol. The first-order valence-electron chi connectivity index (χ1n) is 6.53. The number of carboxylic acid groups (broad SMARTS) is 1. The summed E-state index contributed by atoms with van der Waals surface area (Å²) in [5, 5.41) is 9.04. The molecule has 2 rings (SSSR count). The molecule has 0 aliphatic heterocycles. The van der Waals surface area contributed by atoms with Gasteiger partial charge in [0.05, 0.1) is 11.8 Å². The number of carbonyl (C=O) groups excluding carboxylic acids is 1. The van der Waals surface area contributed by atoms with Crippen molar-refractivity contribution in [3.63, 3.8) is 0 Å². The van der Waals surface area contributed by atoms with E-state index >= 15 is 0 Å². The molecule has 110 valence electrons. The molecule has 0 saturated heterocycles. The van der Waals surface area contributed by atoms with E-state index < -0.39 is 11.9 Å². The monoisotopic (exact) mass is 502 g/mol. The van der Waals surface area contributed by atoms with E-state index in [1.165, 1.54) is 0 Å². The summed E-state index contributed by atoms with van der Waals surface area (Å²) in [5.41, 5.74) is 0. The molecule has 0 spiro atoms. The molecule has 4 nitrogen and oxygen atoms in total. The summed E-state index contributed by atoms with van der Waals surface area (Å²) >= 11 is 4.46. The van der Waals surface area contributed by atoms with E-state index in [4.69, 9.17) is 9.84 Å². The van der Waals surface area contributed by atoms with Crippen LogP contribution in [-0.2, 0) is 14.3 Å². The Morgan fingerprint density at radius 1 is 1.15 bits per heavy atom. The van der Waals surface area contributed by atoms with Gasteiger partial charge in [0.2, 0.25) is 0 Å². The van der Waals surface area contributed by atoms with Gasteiger partial charge in [0.15, 0.2) is 0 Å². The molecule has 5 unspecified atom stereocenters. The fraction of sp³-hybridized carbons (Fsp3) is 0.571. The van der Waals surface area contributed by atoms with Crippen LogP contribution in [0.4, 0.5) is 0 Å². The van der Waals surface area contributed by atoms with Crippen LogP contribution in [-0.4, -0.2) is 31.0 Å². The second-order valence-corrected chi connectivity index (χ2v) is 8.44. The maximum absolute atomic E-state index is 12.1. The van der Waals surface area contributed by atoms with Gasteiger partial charge in [0, 0.05) is 14.3 Å². The fourth-order valence-corrected chi connectivity index (χ4v) is 4.28. The van der Waals surface area contributed by atoms with Gasteiger partial charge in [-0.25, -0.2) is 0 Å². The number of carbonyl (C=O) groups is 2. The average molecular weight is 502 g/mol. The van der Waals surface area contributed by atoms with Gasteiger partial charge < -0.3 is 9.84 Å². The number of rotatable bonds is 3. The van der Waals surface area contributed by atoms with Crippen molar-refractivity contribution in [3.8, 4) is 0 Å². The topological polar surface area (TPSA) is 63.6 Å². The first-order valence-corrected chi connectivity index (χ1v) is 9.03. The highest BCUT2D eigenvalue weighted by Crippen LogP contribution is 2.29. The van der Waals surface area contributed by atoms with Crippen LogP contribution in [0.15, 0.2) is 24.3 Å². The van der Waals surface area contributed by atoms with Crippen molar-refractivity contribution < 1.29 is 19.4 Å². The third kappa shape index (κ3) is 4.19. The van der Waals surface area contributed by atoms with Gasteiger partial charge in [-0.15, -0.1) is 0 Å². The molecule has 0 fully saturated rings. The van der Waals surface area contributed by atoms with Gasteiger partial charge in [-0.2, -0.15) is 0 Å². The molecule has 1 N–H and O–H groups in total. The second-order valence-electron chi connectivity index (χ2n) is 5.08. The lowest BCUT2D eigenvalue weighted by Crippen LogP contribution is -2.33. The maximum atomic E-state index is 12.1. The van der Waals surface area contributed by atoms with Crippen LogP contribution in [0.5, 0.6) is 0 Å². The summed E-state index contributed by atoms with van der Waals surface area (Å²) in [7, 11) is 0. The van der Waals surface area contributed by atoms with Crippen LogP contribution in [0.2, 0.25) is 0 Å². The zero-order chi connectivity index (χ0) is 14.7. The summed E-state index contributed by atoms with van der Waals surface area (Å²) in [5.74, 6) is -1.68. The molecule has 2 aliphatic rings. The van der Waals surface area contributed by atoms with Crippen molar-refractivity contribution in [2.45, 2.75) is 33.2 Å². The molecule has 0 aromatic rings. The Labute approximate surface area is 145 Å². The maximum Gasteiger partial charge on any atom is 0.313 e. The smallest absolute Gasteiger partial charge is 0.313 e. The highest BCUT2D eigenvalue weighted by Gasteiger charge is 2.32. The van der Waals surface area contributed by atoms with Crippen LogP contribution in [0.3, 0.4) is 0 Å². The van der Waals surface area contributed by atoms with E-state index in [2.05, 4.69) is 45.2 Å². The lowest BCUT2D eigenvalue weighted by molar-refractivity contribution is -0.151. The summed E-state index contributed by atoms with van der Waals surface area (Å²) in [6.45, 7) is 0. The van der Waals surface area contributed by atoms with E-state index in [1.54, 1.807) is 12.2 Å². The van der Waals surface area contributed by atoms with E-state index in [-0.39, 0.29) is 21.9 Å². The standard InChI is InChI=1S/C14H16I2O4/c15-9-3-1-2-8(6-9)14(19)20-10-4-5-11(13(17)18)12(16)7-10/h1-2,4-5,8-12H,3,6-7H2,(H,17,18). The molecule has 0 saturated carbocycles. The van der Waals surface area contributed by atoms with Gasteiger partial charge in [-0.3, -0.25) is 9.59 Å². The number of esters is 1. The lowest BCUT2D eigenvalue weighted by Gasteiger charge is -2.27. The normalized spacial score (nSPS) is 36.6. The van der Waals surface area contributed by atoms with Crippen LogP contribution in [0.25, 0.3) is 0 Å². The molecule has 0 radical (unpaired) electrons. The Bertz CT molecular complexity index is 446. The van der Waals surface area contributed by atoms with E-state index in [0.717, 1.165) is 12.8 Å². The number of aliphatic carboxylic acids is 1. The Morgan fingerprint density at radius 2 is 1.90 bits per heavy atom. The van der Waals surface area contributed by atoms with E-state index in [9.17, 15) is 9.59 Å². The molecule has 0 aromatic carbocycles. The zero-order valence-electron chi connectivity index (χ0n) is 10.7. The van der Waals surface area contributed by atoms with E-state index in [1.807, 2.05) is 12.2 Å². The highest BCUT2D eigenvalue weighted by atomic mass is 127. The lowest BCUT2D eigenvalue weighted by atomic mass is 9.93. The van der Waals surface area contributed by atoms with Crippen molar-refractivity contribution in [1.82, 2.24) is 0 Å². The Hall–Kier alpha value is -0.120. The van der Waals surface area contributed by atoms with Crippen molar-refractivity contribution in [3.05, 3.63) is 24.3 Å². The SMILES string of the molecule is O=C(OC1C=CC(C(=O)O)C(I)C1)C1C=CCC(I)C1. The van der Waals surface area contributed by atoms with Crippen LogP contribution >= 0.6 is 45.2 Å². The predicted octanol–water partition coefficient (Wildman–Crippen LogP) is 3.13. The third-order valence-corrected chi connectivity index (χ3v) is 5.81. The summed E-state index contributed by atoms with van der Waals surface area (Å²) in [4.78, 5) is 23.1. The molecular weight excluding hydrogens is 486 g/mol. The molecule has 0 bridgehead atoms. The van der Waals surface area contributed by atoms with Gasteiger partial charge in [-0.05, 0) is 18.9 Å². The second kappa shape index (κ2) is 7.24. The van der Waals surface area contributed by atoms with Crippen molar-refractivity contribution in [2.75, 3.05) is 0 Å². The Morgan fingerprint density at radius 3 is 2.50 bits per heavy atom. The minimum atomic E-state index is -0.826. The molecule has 0 amide bonds. The Kier molecular flexibility index (Phi) is 5.88. The number of ether oxygens (including phenoxy) is 1. The zero-order valence-corrected chi connectivity index (χ0v) is 15.1. The largest absolute Gasteiger partial charge is 0.481 e. The van der Waals surface area contributed by atoms with E-state index in [0.29, 0.717) is 10.3 Å². The minimum absolute atomic E-state index is 0.0490. The minimum Gasteiger partial charge on any atom is -0.481 e. The number of hydrogen-bond donors (Lipinski definition) is 1. The highest BCUT2D eigenvalue weighted by molar-refractivity contribution is 14.1. The van der Waals surface area contributed by atoms with Gasteiger partial charge in [0.1, 0.15) is 6.10 Å². The molecule has 2 aliphatic carbocycles. The van der Waals surface area contributed by atoms with Crippen LogP contribution < -0.4 is 0 Å². The Balaban J connectivity index is 1.93. The molecule has 0 aromatic heterocycles. The average Bonchev–Trinajstić information content (AvgIpc) is 2.38. The van der Waals surface area contributed by atoms with Gasteiger partial charge >= 0.3 is 11.9 Å². The molecule has 6 heteroatoms. The molecular formula is C14H16I2O4. The molecule has 5 atom stereocenters. The molecule has 20 heavy (non-hydrogen) atoms. The summed E-state index contributed by atoms with van der Waals surface area (Å²) in [6, 6.07) is 0. The van der Waals surface area contributed by atoms with Crippen molar-refractivity contribution >= 4 is 57.1 Å². The summed E-state index contributed by atoms with van der Waals surface area (Å²) in [6.07, 6.45) is 9.38. The number of hydrogen-bond acceptors (Lipinski definition) is 3. The fourth-order valence-electron chi connectivity index (χ4n) is 2.39. The third-order valence-electron chi connectivity index (χ3n) is 3.51. The molecule has 0 heterocycles. The van der Waals surface area contributed by atoms with Crippen LogP contribution in [0.1, 0.15) is 19.3 Å². The number of carboxylic acids is 1. The number of allylic oxidation sites excluding steroid dienone is 1. The number of alkyl halides is 2. The van der Waals surface area contributed by atoms with Crippen molar-refractivity contribution in [1.29, 1.82) is 0 Å². The van der Waals surface area contributed by atoms with Gasteiger partial charge in [0.25, 0.3) is 0 Å². The number of halogens is 2. The first kappa shape index (κ1) is 16.3.